The van der Waals surface area contributed by atoms with Crippen molar-refractivity contribution < 1.29 is 4.79 Å². The number of aromatic nitrogens is 2. The third-order valence-electron chi connectivity index (χ3n) is 2.54. The fourth-order valence-corrected chi connectivity index (χ4v) is 1.70. The van der Waals surface area contributed by atoms with Crippen molar-refractivity contribution in [2.45, 2.75) is 20.3 Å². The molecule has 0 aromatic carbocycles. The number of likely N-dealkylation sites (N-methyl/N-ethyl adjacent to an activating group) is 1. The molecule has 0 saturated heterocycles. The Morgan fingerprint density at radius 1 is 1.56 bits per heavy atom. The summed E-state index contributed by atoms with van der Waals surface area (Å²) < 4.78 is 1.68. The van der Waals surface area contributed by atoms with E-state index in [-0.39, 0.29) is 5.91 Å². The summed E-state index contributed by atoms with van der Waals surface area (Å²) in [5, 5.41) is 4.26. The van der Waals surface area contributed by atoms with Crippen LogP contribution in [0.5, 0.6) is 0 Å². The van der Waals surface area contributed by atoms with E-state index in [0.717, 1.165) is 12.1 Å². The zero-order chi connectivity index (χ0) is 12.1. The van der Waals surface area contributed by atoms with E-state index in [0.29, 0.717) is 25.2 Å². The Balaban J connectivity index is 2.93. The van der Waals surface area contributed by atoms with Crippen LogP contribution in [0.15, 0.2) is 6.20 Å². The summed E-state index contributed by atoms with van der Waals surface area (Å²) in [6.45, 7) is 5.71. The van der Waals surface area contributed by atoms with Crippen LogP contribution in [0.4, 0.5) is 0 Å². The van der Waals surface area contributed by atoms with Gasteiger partial charge in [0, 0.05) is 32.9 Å². The molecule has 1 amide bonds. The second kappa shape index (κ2) is 5.65. The van der Waals surface area contributed by atoms with E-state index in [4.69, 9.17) is 5.73 Å². The molecule has 0 radical (unpaired) electrons. The molecule has 0 unspecified atom stereocenters. The first-order valence-corrected chi connectivity index (χ1v) is 5.65. The number of amides is 1. The minimum Gasteiger partial charge on any atom is -0.338 e. The average molecular weight is 224 g/mol. The highest BCUT2D eigenvalue weighted by Crippen LogP contribution is 2.10. The van der Waals surface area contributed by atoms with Crippen molar-refractivity contribution in [3.05, 3.63) is 17.5 Å². The van der Waals surface area contributed by atoms with E-state index < -0.39 is 0 Å². The number of hydrogen-bond acceptors (Lipinski definition) is 3. The van der Waals surface area contributed by atoms with Crippen molar-refractivity contribution in [2.75, 3.05) is 19.6 Å². The molecule has 0 aliphatic rings. The molecule has 0 aliphatic carbocycles. The van der Waals surface area contributed by atoms with Gasteiger partial charge >= 0.3 is 0 Å². The third-order valence-corrected chi connectivity index (χ3v) is 2.54. The van der Waals surface area contributed by atoms with Crippen LogP contribution in [0.2, 0.25) is 0 Å². The lowest BCUT2D eigenvalue weighted by atomic mass is 10.2. The largest absolute Gasteiger partial charge is 0.338 e. The molecular weight excluding hydrogens is 204 g/mol. The number of hydrogen-bond donors (Lipinski definition) is 1. The molecule has 0 fully saturated rings. The predicted octanol–water partition coefficient (Wildman–Crippen LogP) is 0.403. The standard InChI is InChI=1S/C11H20N4O/c1-4-10-9(8-14(3)13-10)11(16)15(5-2)7-6-12/h8H,4-7,12H2,1-3H3. The summed E-state index contributed by atoms with van der Waals surface area (Å²) in [5.74, 6) is 0.0258. The molecule has 1 rings (SSSR count). The predicted molar refractivity (Wildman–Crippen MR) is 63.2 cm³/mol. The van der Waals surface area contributed by atoms with E-state index >= 15 is 0 Å². The lowest BCUT2D eigenvalue weighted by molar-refractivity contribution is 0.0768. The van der Waals surface area contributed by atoms with Crippen LogP contribution in [0.25, 0.3) is 0 Å². The Morgan fingerprint density at radius 3 is 2.75 bits per heavy atom. The first kappa shape index (κ1) is 12.7. The minimum absolute atomic E-state index is 0.0258. The van der Waals surface area contributed by atoms with Gasteiger partial charge in [-0.15, -0.1) is 0 Å². The van der Waals surface area contributed by atoms with Crippen molar-refractivity contribution in [1.29, 1.82) is 0 Å². The second-order valence-corrected chi connectivity index (χ2v) is 3.69. The highest BCUT2D eigenvalue weighted by Gasteiger charge is 2.18. The Kier molecular flexibility index (Phi) is 4.49. The van der Waals surface area contributed by atoms with Crippen molar-refractivity contribution in [3.8, 4) is 0 Å². The summed E-state index contributed by atoms with van der Waals surface area (Å²) in [6, 6.07) is 0. The summed E-state index contributed by atoms with van der Waals surface area (Å²) in [6.07, 6.45) is 2.54. The lowest BCUT2D eigenvalue weighted by Gasteiger charge is -2.19. The molecule has 0 bridgehead atoms. The van der Waals surface area contributed by atoms with Gasteiger partial charge in [-0.05, 0) is 13.3 Å². The lowest BCUT2D eigenvalue weighted by Crippen LogP contribution is -2.35. The molecule has 0 saturated carbocycles. The molecule has 16 heavy (non-hydrogen) atoms. The summed E-state index contributed by atoms with van der Waals surface area (Å²) in [7, 11) is 1.83. The zero-order valence-corrected chi connectivity index (χ0v) is 10.2. The van der Waals surface area contributed by atoms with E-state index in [1.54, 1.807) is 15.8 Å². The fraction of sp³-hybridized carbons (Fsp3) is 0.636. The Morgan fingerprint density at radius 2 is 2.25 bits per heavy atom. The molecule has 90 valence electrons. The zero-order valence-electron chi connectivity index (χ0n) is 10.2. The first-order chi connectivity index (χ1) is 7.63. The first-order valence-electron chi connectivity index (χ1n) is 5.65. The number of carbonyl (C=O) groups excluding carboxylic acids is 1. The van der Waals surface area contributed by atoms with Gasteiger partial charge in [-0.2, -0.15) is 5.10 Å². The molecule has 5 heteroatoms. The van der Waals surface area contributed by atoms with Gasteiger partial charge in [0.2, 0.25) is 0 Å². The maximum atomic E-state index is 12.2. The number of aryl methyl sites for hydroxylation is 2. The van der Waals surface area contributed by atoms with Gasteiger partial charge in [-0.25, -0.2) is 0 Å². The van der Waals surface area contributed by atoms with Crippen LogP contribution < -0.4 is 5.73 Å². The number of nitrogens with zero attached hydrogens (tertiary/aromatic N) is 3. The number of nitrogens with two attached hydrogens (primary N) is 1. The van der Waals surface area contributed by atoms with Crippen molar-refractivity contribution in [1.82, 2.24) is 14.7 Å². The molecule has 1 aromatic heterocycles. The molecule has 0 spiro atoms. The molecule has 1 heterocycles. The van der Waals surface area contributed by atoms with Crippen molar-refractivity contribution in [2.24, 2.45) is 12.8 Å². The van der Waals surface area contributed by atoms with Gasteiger partial charge in [0.15, 0.2) is 0 Å². The van der Waals surface area contributed by atoms with Crippen LogP contribution in [0.1, 0.15) is 29.9 Å². The fourth-order valence-electron chi connectivity index (χ4n) is 1.70. The Hall–Kier alpha value is -1.36. The van der Waals surface area contributed by atoms with Gasteiger partial charge in [0.25, 0.3) is 5.91 Å². The van der Waals surface area contributed by atoms with Gasteiger partial charge in [0.1, 0.15) is 0 Å². The molecule has 0 aliphatic heterocycles. The van der Waals surface area contributed by atoms with Crippen molar-refractivity contribution in [3.63, 3.8) is 0 Å². The van der Waals surface area contributed by atoms with E-state index in [2.05, 4.69) is 5.10 Å². The second-order valence-electron chi connectivity index (χ2n) is 3.69. The van der Waals surface area contributed by atoms with Crippen LogP contribution >= 0.6 is 0 Å². The van der Waals surface area contributed by atoms with Crippen LogP contribution in [-0.4, -0.2) is 40.2 Å². The maximum absolute atomic E-state index is 12.2. The van der Waals surface area contributed by atoms with Gasteiger partial charge < -0.3 is 10.6 Å². The van der Waals surface area contributed by atoms with Crippen LogP contribution in [0.3, 0.4) is 0 Å². The van der Waals surface area contributed by atoms with Gasteiger partial charge in [-0.1, -0.05) is 6.92 Å². The van der Waals surface area contributed by atoms with Crippen LogP contribution in [-0.2, 0) is 13.5 Å². The highest BCUT2D eigenvalue weighted by molar-refractivity contribution is 5.95. The summed E-state index contributed by atoms with van der Waals surface area (Å²) in [4.78, 5) is 13.9. The minimum atomic E-state index is 0.0258. The van der Waals surface area contributed by atoms with Gasteiger partial charge in [0.05, 0.1) is 11.3 Å². The molecular formula is C11H20N4O. The topological polar surface area (TPSA) is 64.2 Å². The number of carbonyl (C=O) groups is 1. The molecule has 5 nitrogen and oxygen atoms in total. The van der Waals surface area contributed by atoms with Gasteiger partial charge in [-0.3, -0.25) is 9.48 Å². The van der Waals surface area contributed by atoms with E-state index in [9.17, 15) is 4.79 Å². The SMILES string of the molecule is CCc1nn(C)cc1C(=O)N(CC)CCN. The molecule has 1 aromatic rings. The molecule has 0 atom stereocenters. The summed E-state index contributed by atoms with van der Waals surface area (Å²) >= 11 is 0. The third kappa shape index (κ3) is 2.61. The average Bonchev–Trinajstić information content (AvgIpc) is 2.66. The number of rotatable bonds is 5. The smallest absolute Gasteiger partial charge is 0.257 e. The van der Waals surface area contributed by atoms with Crippen LogP contribution in [0, 0.1) is 0 Å². The summed E-state index contributed by atoms with van der Waals surface area (Å²) in [5.41, 5.74) is 7.03. The maximum Gasteiger partial charge on any atom is 0.257 e. The Labute approximate surface area is 96.2 Å². The quantitative estimate of drug-likeness (QED) is 0.787. The normalized spacial score (nSPS) is 10.5. The van der Waals surface area contributed by atoms with Crippen molar-refractivity contribution >= 4 is 5.91 Å². The van der Waals surface area contributed by atoms with E-state index in [1.807, 2.05) is 20.9 Å². The molecule has 2 N–H and O–H groups in total. The highest BCUT2D eigenvalue weighted by atomic mass is 16.2. The Bertz CT molecular complexity index is 359. The van der Waals surface area contributed by atoms with E-state index in [1.165, 1.54) is 0 Å². The monoisotopic (exact) mass is 224 g/mol.